The molecule has 0 saturated carbocycles. The van der Waals surface area contributed by atoms with Crippen LogP contribution in [0.25, 0.3) is 21.9 Å². The number of aromatic nitrogens is 3. The molecule has 184 valence electrons. The summed E-state index contributed by atoms with van der Waals surface area (Å²) in [5.74, 6) is 0.791. The molecule has 1 aromatic carbocycles. The first-order valence-electron chi connectivity index (χ1n) is 12.3. The van der Waals surface area contributed by atoms with Gasteiger partial charge >= 0.3 is 0 Å². The van der Waals surface area contributed by atoms with Crippen LogP contribution in [0.4, 0.5) is 0 Å². The molecule has 3 heterocycles. The lowest BCUT2D eigenvalue weighted by molar-refractivity contribution is -0.121. The number of carbonyl (C=O) groups is 1. The minimum Gasteiger partial charge on any atom is -0.497 e. The molecule has 1 aliphatic rings. The smallest absolute Gasteiger partial charge is 0.278 e. The number of unbranched alkanes of at least 4 members (excludes halogenated alkanes) is 1. The molecule has 0 spiro atoms. The minimum absolute atomic E-state index is 0.0718. The third-order valence-corrected chi connectivity index (χ3v) is 7.24. The summed E-state index contributed by atoms with van der Waals surface area (Å²) in [5, 5.41) is 3.92. The Kier molecular flexibility index (Phi) is 8.05. The van der Waals surface area contributed by atoms with E-state index in [1.807, 2.05) is 18.2 Å². The van der Waals surface area contributed by atoms with E-state index in [4.69, 9.17) is 17.0 Å². The van der Waals surface area contributed by atoms with Gasteiger partial charge in [0.05, 0.1) is 12.6 Å². The van der Waals surface area contributed by atoms with Crippen molar-refractivity contribution in [2.75, 3.05) is 26.7 Å². The Hall–Kier alpha value is -2.65. The van der Waals surface area contributed by atoms with Crippen molar-refractivity contribution in [1.82, 2.24) is 24.8 Å². The van der Waals surface area contributed by atoms with Crippen molar-refractivity contribution in [3.8, 4) is 5.75 Å². The molecule has 3 aromatic rings. The molecule has 0 bridgehead atoms. The first-order chi connectivity index (χ1) is 16.5. The number of nitrogens with one attached hydrogen (secondary N) is 3. The van der Waals surface area contributed by atoms with Crippen LogP contribution in [0.15, 0.2) is 23.0 Å². The number of amides is 1. The number of ether oxygens (including phenoxy) is 1. The number of methoxy groups -OCH3 is 1. The van der Waals surface area contributed by atoms with Crippen LogP contribution < -0.4 is 15.6 Å². The topological polar surface area (TPSA) is 95.2 Å². The molecule has 2 aromatic heterocycles. The van der Waals surface area contributed by atoms with Gasteiger partial charge in [-0.15, -0.1) is 0 Å². The number of hydrogen-bond donors (Lipinski definition) is 3. The van der Waals surface area contributed by atoms with Gasteiger partial charge in [0.15, 0.2) is 4.77 Å². The highest BCUT2D eigenvalue weighted by Crippen LogP contribution is 2.26. The Labute approximate surface area is 204 Å². The van der Waals surface area contributed by atoms with Crippen LogP contribution in [0.3, 0.4) is 0 Å². The third kappa shape index (κ3) is 5.36. The van der Waals surface area contributed by atoms with Crippen molar-refractivity contribution in [3.63, 3.8) is 0 Å². The zero-order chi connectivity index (χ0) is 24.1. The molecule has 1 aliphatic heterocycles. The van der Waals surface area contributed by atoms with Crippen LogP contribution in [-0.4, -0.2) is 58.1 Å². The second-order valence-corrected chi connectivity index (χ2v) is 9.46. The number of carbonyl (C=O) groups excluding carboxylic acids is 1. The van der Waals surface area contributed by atoms with E-state index < -0.39 is 0 Å². The summed E-state index contributed by atoms with van der Waals surface area (Å²) >= 11 is 5.48. The number of likely N-dealkylation sites (tertiary alicyclic amines) is 1. The Balaban J connectivity index is 1.29. The summed E-state index contributed by atoms with van der Waals surface area (Å²) in [5.41, 5.74) is 1.89. The van der Waals surface area contributed by atoms with Crippen LogP contribution in [0, 0.1) is 4.77 Å². The Morgan fingerprint density at radius 2 is 2.06 bits per heavy atom. The second-order valence-electron chi connectivity index (χ2n) is 9.07. The number of H-pyrrole nitrogens is 2. The van der Waals surface area contributed by atoms with Crippen molar-refractivity contribution in [2.24, 2.45) is 0 Å². The predicted molar refractivity (Wildman–Crippen MR) is 138 cm³/mol. The highest BCUT2D eigenvalue weighted by Gasteiger charge is 2.20. The molecule has 3 N–H and O–H groups in total. The van der Waals surface area contributed by atoms with E-state index in [1.165, 1.54) is 25.7 Å². The van der Waals surface area contributed by atoms with Crippen LogP contribution in [0.5, 0.6) is 5.75 Å². The van der Waals surface area contributed by atoms with E-state index in [9.17, 15) is 9.59 Å². The highest BCUT2D eigenvalue weighted by molar-refractivity contribution is 7.71. The van der Waals surface area contributed by atoms with Gasteiger partial charge in [-0.3, -0.25) is 19.1 Å². The summed E-state index contributed by atoms with van der Waals surface area (Å²) in [7, 11) is 1.61. The Morgan fingerprint density at radius 1 is 1.21 bits per heavy atom. The number of aromatic amines is 2. The van der Waals surface area contributed by atoms with Crippen molar-refractivity contribution in [2.45, 2.75) is 64.5 Å². The van der Waals surface area contributed by atoms with Crippen molar-refractivity contribution >= 4 is 40.1 Å². The predicted octanol–water partition coefficient (Wildman–Crippen LogP) is 4.10. The van der Waals surface area contributed by atoms with Crippen molar-refractivity contribution in [3.05, 3.63) is 33.3 Å². The Bertz CT molecular complexity index is 1260. The van der Waals surface area contributed by atoms with Gasteiger partial charge in [-0.25, -0.2) is 0 Å². The first kappa shape index (κ1) is 24.5. The molecule has 1 atom stereocenters. The quantitative estimate of drug-likeness (QED) is 0.297. The molecule has 0 aliphatic carbocycles. The minimum atomic E-state index is -0.148. The molecule has 8 nitrogen and oxygen atoms in total. The van der Waals surface area contributed by atoms with E-state index in [2.05, 4.69) is 27.1 Å². The molecule has 1 amide bonds. The molecule has 9 heteroatoms. The fraction of sp³-hybridized carbons (Fsp3) is 0.560. The van der Waals surface area contributed by atoms with Crippen LogP contribution >= 0.6 is 12.2 Å². The summed E-state index contributed by atoms with van der Waals surface area (Å²) in [6.45, 7) is 5.47. The maximum atomic E-state index is 13.1. The number of piperidine rings is 1. The number of rotatable bonds is 10. The number of hydrogen-bond acceptors (Lipinski definition) is 5. The largest absolute Gasteiger partial charge is 0.497 e. The molecular weight excluding hydrogens is 450 g/mol. The number of nitrogens with zero attached hydrogens (tertiary/aromatic N) is 2. The average molecular weight is 486 g/mol. The van der Waals surface area contributed by atoms with Gasteiger partial charge in [-0.2, -0.15) is 0 Å². The molecule has 1 fully saturated rings. The summed E-state index contributed by atoms with van der Waals surface area (Å²) in [4.78, 5) is 34.2. The normalized spacial score (nSPS) is 16.8. The van der Waals surface area contributed by atoms with Gasteiger partial charge in [0.25, 0.3) is 5.56 Å². The lowest BCUT2D eigenvalue weighted by atomic mass is 10.0. The molecular formula is C25H35N5O3S. The molecule has 0 radical (unpaired) electrons. The summed E-state index contributed by atoms with van der Waals surface area (Å²) in [6.07, 6.45) is 6.88. The number of benzene rings is 1. The highest BCUT2D eigenvalue weighted by atomic mass is 32.1. The maximum absolute atomic E-state index is 13.1. The van der Waals surface area contributed by atoms with Gasteiger partial charge in [0.2, 0.25) is 5.91 Å². The van der Waals surface area contributed by atoms with Gasteiger partial charge in [-0.05, 0) is 69.1 Å². The van der Waals surface area contributed by atoms with Crippen LogP contribution in [0.1, 0.15) is 51.9 Å². The van der Waals surface area contributed by atoms with E-state index in [0.29, 0.717) is 54.2 Å². The second kappa shape index (κ2) is 11.2. The van der Waals surface area contributed by atoms with Gasteiger partial charge in [0.1, 0.15) is 11.3 Å². The number of fused-ring (bicyclic) bond motifs is 3. The van der Waals surface area contributed by atoms with Crippen LogP contribution in [-0.2, 0) is 11.3 Å². The van der Waals surface area contributed by atoms with Crippen molar-refractivity contribution < 1.29 is 9.53 Å². The first-order valence-corrected chi connectivity index (χ1v) is 12.8. The molecule has 1 saturated heterocycles. The summed E-state index contributed by atoms with van der Waals surface area (Å²) in [6, 6.07) is 6.28. The lowest BCUT2D eigenvalue weighted by Crippen LogP contribution is -2.43. The molecule has 4 rings (SSSR count). The Morgan fingerprint density at radius 3 is 2.85 bits per heavy atom. The fourth-order valence-corrected chi connectivity index (χ4v) is 5.27. The molecule has 34 heavy (non-hydrogen) atoms. The monoisotopic (exact) mass is 485 g/mol. The lowest BCUT2D eigenvalue weighted by Gasteiger charge is -2.35. The van der Waals surface area contributed by atoms with Crippen molar-refractivity contribution in [1.29, 1.82) is 0 Å². The van der Waals surface area contributed by atoms with E-state index >= 15 is 0 Å². The molecule has 0 unspecified atom stereocenters. The zero-order valence-electron chi connectivity index (χ0n) is 20.1. The van der Waals surface area contributed by atoms with Gasteiger partial charge in [-0.1, -0.05) is 13.3 Å². The van der Waals surface area contributed by atoms with Crippen LogP contribution in [0.2, 0.25) is 0 Å². The summed E-state index contributed by atoms with van der Waals surface area (Å²) < 4.78 is 7.26. The van der Waals surface area contributed by atoms with Gasteiger partial charge in [0, 0.05) is 43.0 Å². The zero-order valence-corrected chi connectivity index (χ0v) is 20.9. The fourth-order valence-electron chi connectivity index (χ4n) is 4.99. The van der Waals surface area contributed by atoms with Gasteiger partial charge < -0.3 is 20.0 Å². The average Bonchev–Trinajstić information content (AvgIpc) is 3.21. The SMILES string of the molecule is CC[C@@H]1CCCCN1CCNC(=O)CCCCn1c(=S)[nH]c2c([nH]c3ccc(OC)cc32)c1=O. The standard InChI is InChI=1S/C25H35N5O3S/c1-3-17-8-4-6-13-29(17)15-12-26-21(31)9-5-7-14-30-24(32)23-22(28-25(30)34)19-16-18(33-2)10-11-20(19)27-23/h10-11,16-17,27H,3-9,12-15H2,1-2H3,(H,26,31)(H,28,34)/t17-/m1/s1. The van der Waals surface area contributed by atoms with E-state index in [-0.39, 0.29) is 11.5 Å². The van der Waals surface area contributed by atoms with E-state index in [0.717, 1.165) is 29.7 Å². The third-order valence-electron chi connectivity index (χ3n) is 6.92. The van der Waals surface area contributed by atoms with E-state index in [1.54, 1.807) is 11.7 Å². The maximum Gasteiger partial charge on any atom is 0.278 e.